The molecule has 1 N–H and O–H groups in total. The van der Waals surface area contributed by atoms with Crippen LogP contribution in [0.1, 0.15) is 70.7 Å². The Labute approximate surface area is 218 Å². The molecule has 0 spiro atoms. The number of aromatic amines is 1. The number of aryl methyl sites for hydroxylation is 1. The molecule has 3 aromatic heterocycles. The summed E-state index contributed by atoms with van der Waals surface area (Å²) < 4.78 is 4.04. The highest BCUT2D eigenvalue weighted by molar-refractivity contribution is 5.78. The molecule has 8 nitrogen and oxygen atoms in total. The SMILES string of the molecule is CCCCc1cn(C2C(C)CCC2C(C)C)c(=O)n1Cc1ccc(-c2ccccc2-c2nn[nH]n2)nc1. The van der Waals surface area contributed by atoms with Crippen LogP contribution in [0, 0.1) is 17.8 Å². The number of hydrogen-bond acceptors (Lipinski definition) is 5. The topological polar surface area (TPSA) is 94.3 Å². The number of rotatable bonds is 9. The van der Waals surface area contributed by atoms with Crippen molar-refractivity contribution >= 4 is 0 Å². The minimum atomic E-state index is 0.113. The molecule has 4 aromatic rings. The number of pyridine rings is 1. The number of nitrogens with one attached hydrogen (secondary N) is 1. The molecule has 3 atom stereocenters. The highest BCUT2D eigenvalue weighted by Crippen LogP contribution is 2.43. The van der Waals surface area contributed by atoms with Crippen LogP contribution < -0.4 is 5.69 Å². The van der Waals surface area contributed by atoms with Gasteiger partial charge in [0, 0.05) is 35.3 Å². The van der Waals surface area contributed by atoms with Crippen molar-refractivity contribution in [3.63, 3.8) is 0 Å². The molecule has 1 fully saturated rings. The Kier molecular flexibility index (Phi) is 7.35. The Morgan fingerprint density at radius 2 is 1.92 bits per heavy atom. The van der Waals surface area contributed by atoms with Gasteiger partial charge in [-0.1, -0.05) is 64.4 Å². The van der Waals surface area contributed by atoms with E-state index in [1.165, 1.54) is 12.8 Å². The summed E-state index contributed by atoms with van der Waals surface area (Å²) in [6.45, 7) is 9.61. The average molecular weight is 500 g/mol. The summed E-state index contributed by atoms with van der Waals surface area (Å²) in [5.74, 6) is 2.16. The predicted molar refractivity (Wildman–Crippen MR) is 145 cm³/mol. The van der Waals surface area contributed by atoms with Gasteiger partial charge in [-0.05, 0) is 60.3 Å². The number of aromatic nitrogens is 7. The Morgan fingerprint density at radius 3 is 2.59 bits per heavy atom. The van der Waals surface area contributed by atoms with E-state index in [2.05, 4.69) is 65.1 Å². The molecule has 37 heavy (non-hydrogen) atoms. The first-order valence-electron chi connectivity index (χ1n) is 13.6. The van der Waals surface area contributed by atoms with Crippen LogP contribution in [-0.4, -0.2) is 34.7 Å². The lowest BCUT2D eigenvalue weighted by Crippen LogP contribution is -2.33. The fraction of sp³-hybridized carbons (Fsp3) is 0.483. The first-order valence-corrected chi connectivity index (χ1v) is 13.6. The molecule has 0 saturated heterocycles. The molecule has 8 heteroatoms. The molecule has 5 rings (SSSR count). The molecule has 194 valence electrons. The van der Waals surface area contributed by atoms with E-state index in [1.807, 2.05) is 41.1 Å². The second kappa shape index (κ2) is 10.8. The van der Waals surface area contributed by atoms with Crippen LogP contribution in [0.25, 0.3) is 22.6 Å². The summed E-state index contributed by atoms with van der Waals surface area (Å²) in [5, 5.41) is 14.5. The normalized spacial score (nSPS) is 19.6. The molecule has 1 aromatic carbocycles. The van der Waals surface area contributed by atoms with Crippen molar-refractivity contribution in [3.8, 4) is 22.6 Å². The number of unbranched alkanes of at least 4 members (excludes halogenated alkanes) is 1. The summed E-state index contributed by atoms with van der Waals surface area (Å²) in [4.78, 5) is 18.6. The van der Waals surface area contributed by atoms with Crippen LogP contribution in [0.2, 0.25) is 0 Å². The quantitative estimate of drug-likeness (QED) is 0.327. The number of H-pyrrole nitrogens is 1. The molecule has 3 unspecified atom stereocenters. The first-order chi connectivity index (χ1) is 18.0. The molecule has 3 heterocycles. The van der Waals surface area contributed by atoms with Crippen LogP contribution in [0.5, 0.6) is 0 Å². The summed E-state index contributed by atoms with van der Waals surface area (Å²) in [6.07, 6.45) is 9.50. The van der Waals surface area contributed by atoms with E-state index in [-0.39, 0.29) is 11.7 Å². The van der Waals surface area contributed by atoms with E-state index < -0.39 is 0 Å². The van der Waals surface area contributed by atoms with Gasteiger partial charge in [0.15, 0.2) is 0 Å². The Hall–Kier alpha value is -3.55. The smallest absolute Gasteiger partial charge is 0.295 e. The average Bonchev–Trinajstić information content (AvgIpc) is 3.64. The van der Waals surface area contributed by atoms with Crippen LogP contribution in [-0.2, 0) is 13.0 Å². The van der Waals surface area contributed by atoms with E-state index in [4.69, 9.17) is 4.98 Å². The maximum Gasteiger partial charge on any atom is 0.328 e. The number of benzene rings is 1. The lowest BCUT2D eigenvalue weighted by atomic mass is 9.89. The lowest BCUT2D eigenvalue weighted by molar-refractivity contribution is 0.255. The fourth-order valence-electron chi connectivity index (χ4n) is 5.95. The maximum atomic E-state index is 13.8. The monoisotopic (exact) mass is 499 g/mol. The van der Waals surface area contributed by atoms with Gasteiger partial charge in [0.1, 0.15) is 0 Å². The minimum absolute atomic E-state index is 0.113. The van der Waals surface area contributed by atoms with Gasteiger partial charge in [0.2, 0.25) is 5.82 Å². The van der Waals surface area contributed by atoms with Crippen molar-refractivity contribution in [1.29, 1.82) is 0 Å². The van der Waals surface area contributed by atoms with Crippen LogP contribution in [0.15, 0.2) is 53.6 Å². The third-order valence-corrected chi connectivity index (χ3v) is 7.98. The molecule has 1 aliphatic carbocycles. The second-order valence-corrected chi connectivity index (χ2v) is 10.8. The molecule has 1 aliphatic rings. The standard InChI is InChI=1S/C29H37N7O/c1-5-6-9-22-18-36(27-20(4)12-14-23(27)19(2)3)29(37)35(22)17-21-13-15-26(30-16-21)24-10-7-8-11-25(24)28-31-33-34-32-28/h7-8,10-11,13,15-16,18-20,23,27H,5-6,9,12,14,17H2,1-4H3,(H,31,32,33,34). The molecule has 0 aliphatic heterocycles. The van der Waals surface area contributed by atoms with Crippen molar-refractivity contribution in [3.05, 3.63) is 70.5 Å². The van der Waals surface area contributed by atoms with Crippen molar-refractivity contribution < 1.29 is 0 Å². The first kappa shape index (κ1) is 25.1. The maximum absolute atomic E-state index is 13.8. The number of imidazole rings is 1. The zero-order valence-electron chi connectivity index (χ0n) is 22.3. The van der Waals surface area contributed by atoms with E-state index in [9.17, 15) is 4.79 Å². The van der Waals surface area contributed by atoms with Gasteiger partial charge in [0.25, 0.3) is 0 Å². The van der Waals surface area contributed by atoms with Crippen LogP contribution in [0.4, 0.5) is 0 Å². The Morgan fingerprint density at radius 1 is 1.11 bits per heavy atom. The summed E-state index contributed by atoms with van der Waals surface area (Å²) in [7, 11) is 0. The molecule has 0 amide bonds. The van der Waals surface area contributed by atoms with Gasteiger partial charge < -0.3 is 0 Å². The van der Waals surface area contributed by atoms with Crippen molar-refractivity contribution in [2.24, 2.45) is 17.8 Å². The van der Waals surface area contributed by atoms with Crippen molar-refractivity contribution in [1.82, 2.24) is 34.7 Å². The third-order valence-electron chi connectivity index (χ3n) is 7.98. The van der Waals surface area contributed by atoms with Gasteiger partial charge in [-0.3, -0.25) is 14.1 Å². The number of tetrazole rings is 1. The molecular weight excluding hydrogens is 462 g/mol. The van der Waals surface area contributed by atoms with E-state index in [1.54, 1.807) is 0 Å². The van der Waals surface area contributed by atoms with Crippen molar-refractivity contribution in [2.45, 2.75) is 72.4 Å². The van der Waals surface area contributed by atoms with E-state index in [0.29, 0.717) is 30.1 Å². The summed E-state index contributed by atoms with van der Waals surface area (Å²) in [6, 6.07) is 12.3. The van der Waals surface area contributed by atoms with Crippen LogP contribution >= 0.6 is 0 Å². The summed E-state index contributed by atoms with van der Waals surface area (Å²) in [5.41, 5.74) is 4.90. The third kappa shape index (κ3) is 5.02. The Balaban J connectivity index is 1.45. The fourth-order valence-corrected chi connectivity index (χ4v) is 5.95. The zero-order valence-corrected chi connectivity index (χ0v) is 22.3. The van der Waals surface area contributed by atoms with Crippen LogP contribution in [0.3, 0.4) is 0 Å². The number of hydrogen-bond donors (Lipinski definition) is 1. The van der Waals surface area contributed by atoms with Gasteiger partial charge in [-0.15, -0.1) is 10.2 Å². The lowest BCUT2D eigenvalue weighted by Gasteiger charge is -2.26. The van der Waals surface area contributed by atoms with Gasteiger partial charge in [-0.25, -0.2) is 4.79 Å². The summed E-state index contributed by atoms with van der Waals surface area (Å²) >= 11 is 0. The van der Waals surface area contributed by atoms with Crippen molar-refractivity contribution in [2.75, 3.05) is 0 Å². The predicted octanol–water partition coefficient (Wildman–Crippen LogP) is 5.53. The molecule has 0 radical (unpaired) electrons. The molecule has 0 bridgehead atoms. The van der Waals surface area contributed by atoms with Gasteiger partial charge in [0.05, 0.1) is 12.2 Å². The number of nitrogens with zero attached hydrogens (tertiary/aromatic N) is 6. The largest absolute Gasteiger partial charge is 0.328 e. The van der Waals surface area contributed by atoms with Gasteiger partial charge >= 0.3 is 5.69 Å². The Bertz CT molecular complexity index is 1370. The van der Waals surface area contributed by atoms with E-state index >= 15 is 0 Å². The van der Waals surface area contributed by atoms with E-state index in [0.717, 1.165) is 47.3 Å². The minimum Gasteiger partial charge on any atom is -0.295 e. The van der Waals surface area contributed by atoms with Gasteiger partial charge in [-0.2, -0.15) is 5.21 Å². The molecule has 1 saturated carbocycles. The second-order valence-electron chi connectivity index (χ2n) is 10.8. The highest BCUT2D eigenvalue weighted by atomic mass is 16.1. The highest BCUT2D eigenvalue weighted by Gasteiger charge is 2.37. The zero-order chi connectivity index (χ0) is 25.9. The molecular formula is C29H37N7O.